The summed E-state index contributed by atoms with van der Waals surface area (Å²) in [4.78, 5) is 4.48. The van der Waals surface area contributed by atoms with Crippen LogP contribution in [0.3, 0.4) is 0 Å². The van der Waals surface area contributed by atoms with E-state index in [9.17, 15) is 0 Å². The molecule has 3 aromatic rings. The number of rotatable bonds is 2. The number of ether oxygens (including phenoxy) is 1. The smallest absolute Gasteiger partial charge is 0.230 e. The minimum Gasteiger partial charge on any atom is -0.463 e. The fourth-order valence-electron chi connectivity index (χ4n) is 3.49. The lowest BCUT2D eigenvalue weighted by molar-refractivity contribution is -0.0218. The Morgan fingerprint density at radius 3 is 2.72 bits per heavy atom. The summed E-state index contributed by atoms with van der Waals surface area (Å²) in [6.45, 7) is 1.95. The zero-order valence-electron chi connectivity index (χ0n) is 13.8. The second-order valence-corrected chi connectivity index (χ2v) is 6.32. The van der Waals surface area contributed by atoms with Gasteiger partial charge in [0.1, 0.15) is 28.7 Å². The van der Waals surface area contributed by atoms with Gasteiger partial charge in [-0.05, 0) is 37.3 Å². The van der Waals surface area contributed by atoms with E-state index in [4.69, 9.17) is 14.3 Å². The van der Waals surface area contributed by atoms with Crippen LogP contribution < -0.4 is 4.74 Å². The average molecular weight is 331 g/mol. The number of pyridine rings is 1. The van der Waals surface area contributed by atoms with Crippen LogP contribution in [0.2, 0.25) is 0 Å². The molecule has 0 aliphatic carbocycles. The molecule has 0 saturated carbocycles. The maximum atomic E-state index is 6.25. The van der Waals surface area contributed by atoms with Crippen molar-refractivity contribution in [3.05, 3.63) is 83.6 Å². The van der Waals surface area contributed by atoms with Gasteiger partial charge in [0, 0.05) is 18.2 Å². The van der Waals surface area contributed by atoms with Crippen molar-refractivity contribution in [1.82, 2.24) is 9.99 Å². The first-order valence-corrected chi connectivity index (χ1v) is 8.39. The third-order valence-corrected chi connectivity index (χ3v) is 4.66. The third-order valence-electron chi connectivity index (χ3n) is 4.66. The molecular weight excluding hydrogens is 314 g/mol. The Balaban J connectivity index is 1.60. The second kappa shape index (κ2) is 5.48. The summed E-state index contributed by atoms with van der Waals surface area (Å²) in [7, 11) is 0. The lowest BCUT2D eigenvalue weighted by Crippen LogP contribution is -2.34. The first-order chi connectivity index (χ1) is 12.3. The number of hydrogen-bond acceptors (Lipinski definition) is 5. The minimum atomic E-state index is -0.338. The molecule has 2 aliphatic rings. The second-order valence-electron chi connectivity index (χ2n) is 6.32. The van der Waals surface area contributed by atoms with E-state index in [0.29, 0.717) is 0 Å². The maximum Gasteiger partial charge on any atom is 0.230 e. The number of aromatic nitrogens is 1. The van der Waals surface area contributed by atoms with Gasteiger partial charge in [-0.1, -0.05) is 24.3 Å². The minimum absolute atomic E-state index is 0.123. The van der Waals surface area contributed by atoms with Crippen LogP contribution >= 0.6 is 0 Å². The summed E-state index contributed by atoms with van der Waals surface area (Å²) in [6, 6.07) is 18.1. The van der Waals surface area contributed by atoms with Gasteiger partial charge >= 0.3 is 0 Å². The molecule has 25 heavy (non-hydrogen) atoms. The van der Waals surface area contributed by atoms with Crippen LogP contribution in [0, 0.1) is 6.92 Å². The molecule has 2 aromatic heterocycles. The summed E-state index contributed by atoms with van der Waals surface area (Å²) < 4.78 is 12.0. The van der Waals surface area contributed by atoms with Crippen LogP contribution in [0.15, 0.2) is 70.3 Å². The molecule has 5 nitrogen and oxygen atoms in total. The van der Waals surface area contributed by atoms with Crippen molar-refractivity contribution in [1.29, 1.82) is 0 Å². The predicted molar refractivity (Wildman–Crippen MR) is 93.2 cm³/mol. The Kier molecular flexibility index (Phi) is 3.13. The molecule has 5 heteroatoms. The molecule has 0 spiro atoms. The normalized spacial score (nSPS) is 21.3. The van der Waals surface area contributed by atoms with Crippen LogP contribution in [0.25, 0.3) is 0 Å². The van der Waals surface area contributed by atoms with Crippen molar-refractivity contribution in [2.24, 2.45) is 5.10 Å². The molecule has 0 radical (unpaired) electrons. The molecule has 124 valence electrons. The molecule has 0 fully saturated rings. The van der Waals surface area contributed by atoms with E-state index in [1.807, 2.05) is 60.5 Å². The zero-order valence-corrected chi connectivity index (χ0v) is 13.8. The van der Waals surface area contributed by atoms with Crippen LogP contribution in [0.1, 0.15) is 41.5 Å². The van der Waals surface area contributed by atoms with Crippen molar-refractivity contribution in [3.8, 4) is 5.75 Å². The third kappa shape index (κ3) is 2.31. The summed E-state index contributed by atoms with van der Waals surface area (Å²) in [5.74, 6) is 2.61. The molecule has 5 rings (SSSR count). The highest BCUT2D eigenvalue weighted by molar-refractivity contribution is 5.99. The van der Waals surface area contributed by atoms with E-state index in [0.717, 1.165) is 40.7 Å². The SMILES string of the molecule is Cc1ccc(C2=NN3[C@H](C2)c2ccccc2O[C@H]3c2ccccn2)o1. The van der Waals surface area contributed by atoms with Crippen LogP contribution in [-0.4, -0.2) is 15.7 Å². The summed E-state index contributed by atoms with van der Waals surface area (Å²) in [6.07, 6.45) is 2.23. The van der Waals surface area contributed by atoms with Gasteiger partial charge in [0.25, 0.3) is 0 Å². The number of fused-ring (bicyclic) bond motifs is 3. The van der Waals surface area contributed by atoms with Crippen molar-refractivity contribution < 1.29 is 9.15 Å². The Morgan fingerprint density at radius 2 is 1.92 bits per heavy atom. The molecule has 0 bridgehead atoms. The molecule has 1 aromatic carbocycles. The van der Waals surface area contributed by atoms with E-state index in [1.165, 1.54) is 0 Å². The highest BCUT2D eigenvalue weighted by Crippen LogP contribution is 2.47. The van der Waals surface area contributed by atoms with Crippen molar-refractivity contribution in [2.75, 3.05) is 0 Å². The largest absolute Gasteiger partial charge is 0.463 e. The van der Waals surface area contributed by atoms with Crippen LogP contribution in [0.4, 0.5) is 0 Å². The highest BCUT2D eigenvalue weighted by Gasteiger charge is 2.41. The number of hydrogen-bond donors (Lipinski definition) is 0. The molecule has 2 atom stereocenters. The average Bonchev–Trinajstić information content (AvgIpc) is 3.28. The van der Waals surface area contributed by atoms with Gasteiger partial charge in [0.15, 0.2) is 0 Å². The standard InChI is InChI=1S/C20H17N3O2/c1-13-9-10-19(24-13)16-12-17-14-6-2-3-8-18(14)25-20(23(17)22-16)15-7-4-5-11-21-15/h2-11,17,20H,12H2,1H3/t17-,20+/m1/s1. The lowest BCUT2D eigenvalue weighted by Gasteiger charge is -2.37. The number of aryl methyl sites for hydroxylation is 1. The number of furan rings is 1. The van der Waals surface area contributed by atoms with Gasteiger partial charge < -0.3 is 9.15 Å². The van der Waals surface area contributed by atoms with Crippen molar-refractivity contribution in [3.63, 3.8) is 0 Å². The van der Waals surface area contributed by atoms with E-state index in [2.05, 4.69) is 11.1 Å². The van der Waals surface area contributed by atoms with Crippen molar-refractivity contribution in [2.45, 2.75) is 25.6 Å². The molecule has 0 unspecified atom stereocenters. The van der Waals surface area contributed by atoms with Gasteiger partial charge in [0.2, 0.25) is 6.23 Å². The van der Waals surface area contributed by atoms with Crippen LogP contribution in [-0.2, 0) is 0 Å². The van der Waals surface area contributed by atoms with Crippen molar-refractivity contribution >= 4 is 5.71 Å². The van der Waals surface area contributed by atoms with E-state index < -0.39 is 0 Å². The Hall–Kier alpha value is -3.08. The van der Waals surface area contributed by atoms with Gasteiger partial charge in [-0.15, -0.1) is 0 Å². The highest BCUT2D eigenvalue weighted by atomic mass is 16.5. The molecule has 4 heterocycles. The Labute approximate surface area is 145 Å². The first-order valence-electron chi connectivity index (χ1n) is 8.39. The zero-order chi connectivity index (χ0) is 16.8. The monoisotopic (exact) mass is 331 g/mol. The molecule has 0 amide bonds. The van der Waals surface area contributed by atoms with E-state index in [1.54, 1.807) is 6.20 Å². The first kappa shape index (κ1) is 14.3. The Morgan fingerprint density at radius 1 is 1.04 bits per heavy atom. The van der Waals surface area contributed by atoms with Gasteiger partial charge in [-0.25, -0.2) is 5.01 Å². The van der Waals surface area contributed by atoms with Gasteiger partial charge in [0.05, 0.1) is 6.04 Å². The predicted octanol–water partition coefficient (Wildman–Crippen LogP) is 4.23. The van der Waals surface area contributed by atoms with Gasteiger partial charge in [-0.2, -0.15) is 5.10 Å². The fraction of sp³-hybridized carbons (Fsp3) is 0.200. The quantitative estimate of drug-likeness (QED) is 0.705. The summed E-state index contributed by atoms with van der Waals surface area (Å²) in [5, 5.41) is 6.85. The van der Waals surface area contributed by atoms with Gasteiger partial charge in [-0.3, -0.25) is 4.98 Å². The summed E-state index contributed by atoms with van der Waals surface area (Å²) >= 11 is 0. The molecule has 2 aliphatic heterocycles. The maximum absolute atomic E-state index is 6.25. The molecular formula is C20H17N3O2. The van der Waals surface area contributed by atoms with E-state index in [-0.39, 0.29) is 12.3 Å². The van der Waals surface area contributed by atoms with Crippen LogP contribution in [0.5, 0.6) is 5.75 Å². The Bertz CT molecular complexity index is 948. The topological polar surface area (TPSA) is 50.9 Å². The number of nitrogens with zero attached hydrogens (tertiary/aromatic N) is 3. The fourth-order valence-corrected chi connectivity index (χ4v) is 3.49. The molecule has 0 saturated heterocycles. The summed E-state index contributed by atoms with van der Waals surface area (Å²) in [5.41, 5.74) is 2.94. The van der Waals surface area contributed by atoms with E-state index >= 15 is 0 Å². The number of benzene rings is 1. The molecule has 0 N–H and O–H groups in total. The number of para-hydroxylation sites is 1. The number of hydrazone groups is 1. The lowest BCUT2D eigenvalue weighted by atomic mass is 9.98.